The number of furan rings is 1. The average Bonchev–Trinajstić information content (AvgIpc) is 3.26. The van der Waals surface area contributed by atoms with Crippen LogP contribution in [0.2, 0.25) is 0 Å². The summed E-state index contributed by atoms with van der Waals surface area (Å²) >= 11 is 3.43. The molecule has 3 rings (SSSR count). The summed E-state index contributed by atoms with van der Waals surface area (Å²) in [5, 5.41) is 2.71. The van der Waals surface area contributed by atoms with Crippen LogP contribution < -0.4 is 5.32 Å². The van der Waals surface area contributed by atoms with Crippen LogP contribution in [0, 0.1) is 0 Å². The fraction of sp³-hybridized carbons (Fsp3) is 0.333. The van der Waals surface area contributed by atoms with E-state index >= 15 is 0 Å². The van der Waals surface area contributed by atoms with E-state index < -0.39 is 6.04 Å². The molecule has 24 heavy (non-hydrogen) atoms. The van der Waals surface area contributed by atoms with Crippen LogP contribution >= 0.6 is 15.9 Å². The van der Waals surface area contributed by atoms with Crippen molar-refractivity contribution in [3.05, 3.63) is 58.5 Å². The van der Waals surface area contributed by atoms with Crippen molar-refractivity contribution in [1.82, 2.24) is 10.2 Å². The highest BCUT2D eigenvalue weighted by Gasteiger charge is 2.33. The van der Waals surface area contributed by atoms with Crippen molar-refractivity contribution in [2.75, 3.05) is 6.54 Å². The lowest BCUT2D eigenvalue weighted by Gasteiger charge is -2.28. The molecule has 6 heteroatoms. The van der Waals surface area contributed by atoms with Gasteiger partial charge in [-0.1, -0.05) is 28.1 Å². The summed E-state index contributed by atoms with van der Waals surface area (Å²) in [6.07, 6.45) is 3.34. The number of nitrogens with zero attached hydrogens (tertiary/aromatic N) is 1. The number of hydrogen-bond donors (Lipinski definition) is 1. The third kappa shape index (κ3) is 3.53. The van der Waals surface area contributed by atoms with Crippen molar-refractivity contribution in [3.8, 4) is 0 Å². The molecule has 5 nitrogen and oxygen atoms in total. The quantitative estimate of drug-likeness (QED) is 0.868. The predicted octanol–water partition coefficient (Wildman–Crippen LogP) is 3.52. The molecular formula is C18H19BrN2O3. The van der Waals surface area contributed by atoms with E-state index in [1.54, 1.807) is 19.1 Å². The Bertz CT molecular complexity index is 712. The number of rotatable bonds is 4. The summed E-state index contributed by atoms with van der Waals surface area (Å²) in [7, 11) is 0. The van der Waals surface area contributed by atoms with E-state index in [0.29, 0.717) is 6.54 Å². The van der Waals surface area contributed by atoms with Crippen LogP contribution in [0.25, 0.3) is 0 Å². The summed E-state index contributed by atoms with van der Waals surface area (Å²) in [5.74, 6) is -0.235. The lowest BCUT2D eigenvalue weighted by Crippen LogP contribution is -2.46. The molecule has 2 atom stereocenters. The van der Waals surface area contributed by atoms with Gasteiger partial charge >= 0.3 is 0 Å². The van der Waals surface area contributed by atoms with E-state index in [1.807, 2.05) is 29.2 Å². The first kappa shape index (κ1) is 16.8. The molecule has 0 unspecified atom stereocenters. The third-order valence-electron chi connectivity index (χ3n) is 4.25. The summed E-state index contributed by atoms with van der Waals surface area (Å²) in [6, 6.07) is 10.7. The molecule has 1 aliphatic heterocycles. The van der Waals surface area contributed by atoms with Gasteiger partial charge in [-0.05, 0) is 49.6 Å². The number of likely N-dealkylation sites (tertiary alicyclic amines) is 1. The van der Waals surface area contributed by atoms with E-state index in [0.717, 1.165) is 22.9 Å². The maximum atomic E-state index is 12.8. The maximum absolute atomic E-state index is 12.8. The van der Waals surface area contributed by atoms with Crippen LogP contribution in [0.5, 0.6) is 0 Å². The standard InChI is InChI=1S/C18H19BrN2O3/c1-12(20-17(22)16-5-3-11-24-16)18(23)21-10-2-4-15(21)13-6-8-14(19)9-7-13/h3,5-9,11-12,15H,2,4,10H2,1H3,(H,20,22)/t12-,15-/m1/s1. The van der Waals surface area contributed by atoms with E-state index in [2.05, 4.69) is 21.2 Å². The zero-order valence-corrected chi connectivity index (χ0v) is 15.0. The smallest absolute Gasteiger partial charge is 0.287 e. The number of carbonyl (C=O) groups excluding carboxylic acids is 2. The number of nitrogens with one attached hydrogen (secondary N) is 1. The predicted molar refractivity (Wildman–Crippen MR) is 93.5 cm³/mol. The van der Waals surface area contributed by atoms with E-state index in [-0.39, 0.29) is 23.6 Å². The Morgan fingerprint density at radius 1 is 1.29 bits per heavy atom. The first-order valence-electron chi connectivity index (χ1n) is 7.96. The van der Waals surface area contributed by atoms with Crippen LogP contribution in [0.1, 0.15) is 41.9 Å². The highest BCUT2D eigenvalue weighted by atomic mass is 79.9. The monoisotopic (exact) mass is 390 g/mol. The van der Waals surface area contributed by atoms with Crippen molar-refractivity contribution in [1.29, 1.82) is 0 Å². The number of amides is 2. The minimum absolute atomic E-state index is 0.0635. The Kier molecular flexibility index (Phi) is 5.04. The third-order valence-corrected chi connectivity index (χ3v) is 4.78. The first-order valence-corrected chi connectivity index (χ1v) is 8.76. The minimum Gasteiger partial charge on any atom is -0.459 e. The second-order valence-electron chi connectivity index (χ2n) is 5.91. The molecule has 1 saturated heterocycles. The highest BCUT2D eigenvalue weighted by Crippen LogP contribution is 2.32. The van der Waals surface area contributed by atoms with Gasteiger partial charge in [0.05, 0.1) is 12.3 Å². The van der Waals surface area contributed by atoms with Gasteiger partial charge in [-0.25, -0.2) is 0 Å². The minimum atomic E-state index is -0.598. The van der Waals surface area contributed by atoms with E-state index in [4.69, 9.17) is 4.42 Å². The van der Waals surface area contributed by atoms with Crippen LogP contribution in [-0.4, -0.2) is 29.3 Å². The zero-order valence-electron chi connectivity index (χ0n) is 13.4. The summed E-state index contributed by atoms with van der Waals surface area (Å²) in [6.45, 7) is 2.42. The first-order chi connectivity index (χ1) is 11.6. The van der Waals surface area contributed by atoms with Crippen molar-refractivity contribution in [2.45, 2.75) is 31.8 Å². The van der Waals surface area contributed by atoms with Crippen molar-refractivity contribution in [2.24, 2.45) is 0 Å². The number of halogens is 1. The topological polar surface area (TPSA) is 62.6 Å². The molecule has 2 heterocycles. The fourth-order valence-corrected chi connectivity index (χ4v) is 3.31. The molecule has 0 aliphatic carbocycles. The van der Waals surface area contributed by atoms with Gasteiger partial charge in [0.15, 0.2) is 5.76 Å². The van der Waals surface area contributed by atoms with Crippen LogP contribution in [0.3, 0.4) is 0 Å². The van der Waals surface area contributed by atoms with Crippen LogP contribution in [0.4, 0.5) is 0 Å². The molecule has 2 aromatic rings. The normalized spacial score (nSPS) is 18.4. The van der Waals surface area contributed by atoms with E-state index in [9.17, 15) is 9.59 Å². The van der Waals surface area contributed by atoms with Gasteiger partial charge in [-0.2, -0.15) is 0 Å². The van der Waals surface area contributed by atoms with Gasteiger partial charge in [-0.15, -0.1) is 0 Å². The summed E-state index contributed by atoms with van der Waals surface area (Å²) < 4.78 is 6.08. The Hall–Kier alpha value is -2.08. The molecule has 1 aromatic carbocycles. The van der Waals surface area contributed by atoms with Crippen LogP contribution in [0.15, 0.2) is 51.6 Å². The average molecular weight is 391 g/mol. The Labute approximate surface area is 149 Å². The molecule has 1 fully saturated rings. The van der Waals surface area contributed by atoms with Crippen molar-refractivity contribution < 1.29 is 14.0 Å². The fourth-order valence-electron chi connectivity index (χ4n) is 3.05. The molecule has 0 bridgehead atoms. The molecule has 1 aliphatic rings. The second-order valence-corrected chi connectivity index (χ2v) is 6.83. The lowest BCUT2D eigenvalue weighted by molar-refractivity contribution is -0.133. The second kappa shape index (κ2) is 7.21. The van der Waals surface area contributed by atoms with Crippen molar-refractivity contribution >= 4 is 27.7 Å². The molecule has 1 N–H and O–H groups in total. The molecule has 1 aromatic heterocycles. The number of benzene rings is 1. The van der Waals surface area contributed by atoms with Crippen molar-refractivity contribution in [3.63, 3.8) is 0 Å². The molecule has 0 saturated carbocycles. The summed E-state index contributed by atoms with van der Waals surface area (Å²) in [4.78, 5) is 26.7. The van der Waals surface area contributed by atoms with Crippen LogP contribution in [-0.2, 0) is 4.79 Å². The Morgan fingerprint density at radius 2 is 2.04 bits per heavy atom. The SMILES string of the molecule is C[C@@H](NC(=O)c1ccco1)C(=O)N1CCC[C@@H]1c1ccc(Br)cc1. The molecule has 0 radical (unpaired) electrons. The molecule has 2 amide bonds. The van der Waals surface area contributed by atoms with Gasteiger partial charge in [0.2, 0.25) is 5.91 Å². The summed E-state index contributed by atoms with van der Waals surface area (Å²) in [5.41, 5.74) is 1.12. The van der Waals surface area contributed by atoms with Gasteiger partial charge in [0.1, 0.15) is 6.04 Å². The van der Waals surface area contributed by atoms with Gasteiger partial charge in [0, 0.05) is 11.0 Å². The lowest BCUT2D eigenvalue weighted by atomic mass is 10.0. The van der Waals surface area contributed by atoms with Gasteiger partial charge in [0.25, 0.3) is 5.91 Å². The van der Waals surface area contributed by atoms with Gasteiger partial charge < -0.3 is 14.6 Å². The molecule has 0 spiro atoms. The largest absolute Gasteiger partial charge is 0.459 e. The number of carbonyl (C=O) groups is 2. The Balaban J connectivity index is 1.68. The zero-order chi connectivity index (χ0) is 17.1. The highest BCUT2D eigenvalue weighted by molar-refractivity contribution is 9.10. The Morgan fingerprint density at radius 3 is 2.71 bits per heavy atom. The molecule has 126 valence electrons. The van der Waals surface area contributed by atoms with Gasteiger partial charge in [-0.3, -0.25) is 9.59 Å². The van der Waals surface area contributed by atoms with E-state index in [1.165, 1.54) is 6.26 Å². The molecular weight excluding hydrogens is 372 g/mol. The maximum Gasteiger partial charge on any atom is 0.287 e. The number of hydrogen-bond acceptors (Lipinski definition) is 3.